The fraction of sp³-hybridized carbons (Fsp3) is 0.800. The molecule has 0 aromatic rings. The highest BCUT2D eigenvalue weighted by Gasteiger charge is 2.33. The van der Waals surface area contributed by atoms with E-state index in [2.05, 4.69) is 6.08 Å². The number of carbonyl (C=O) groups is 1. The minimum atomic E-state index is -2.05. The van der Waals surface area contributed by atoms with Gasteiger partial charge in [-0.1, -0.05) is 19.1 Å². The molecule has 3 atom stereocenters. The normalized spacial score (nSPS) is 21.8. The number of carbonyl (C=O) groups excluding carboxylic acids is 1. The number of allylic oxidation sites excluding steroid dienone is 2. The van der Waals surface area contributed by atoms with Crippen molar-refractivity contribution in [3.05, 3.63) is 12.2 Å². The Labute approximate surface area is 119 Å². The number of hydrogen-bond donors (Lipinski definition) is 1. The second-order valence-electron chi connectivity index (χ2n) is 5.63. The van der Waals surface area contributed by atoms with E-state index < -0.39 is 25.1 Å². The first-order valence-electron chi connectivity index (χ1n) is 7.17. The maximum absolute atomic E-state index is 12.6. The highest BCUT2D eigenvalue weighted by molar-refractivity contribution is 5.73. The van der Waals surface area contributed by atoms with E-state index in [9.17, 15) is 18.7 Å². The van der Waals surface area contributed by atoms with E-state index in [1.165, 1.54) is 0 Å². The van der Waals surface area contributed by atoms with Crippen molar-refractivity contribution in [1.29, 1.82) is 0 Å². The number of rotatable bonds is 8. The van der Waals surface area contributed by atoms with Crippen LogP contribution in [0, 0.1) is 11.8 Å². The lowest BCUT2D eigenvalue weighted by molar-refractivity contribution is -0.158. The number of ether oxygens (including phenoxy) is 1. The molecule has 0 heterocycles. The number of alkyl halides is 2. The Hall–Kier alpha value is -0.970. The monoisotopic (exact) mass is 290 g/mol. The molecule has 0 aromatic carbocycles. The van der Waals surface area contributed by atoms with Gasteiger partial charge in [0, 0.05) is 6.42 Å². The lowest BCUT2D eigenvalue weighted by Crippen LogP contribution is -2.39. The molecule has 0 aromatic heterocycles. The second-order valence-corrected chi connectivity index (χ2v) is 5.63. The molecule has 5 heteroatoms. The van der Waals surface area contributed by atoms with E-state index in [1.807, 2.05) is 13.0 Å². The van der Waals surface area contributed by atoms with Crippen LogP contribution in [0.25, 0.3) is 0 Å². The van der Waals surface area contributed by atoms with Gasteiger partial charge in [-0.15, -0.1) is 0 Å². The smallest absolute Gasteiger partial charge is 0.309 e. The van der Waals surface area contributed by atoms with Crippen LogP contribution in [0.4, 0.5) is 8.78 Å². The van der Waals surface area contributed by atoms with Gasteiger partial charge in [-0.05, 0) is 32.1 Å². The van der Waals surface area contributed by atoms with Crippen molar-refractivity contribution in [1.82, 2.24) is 0 Å². The number of aliphatic hydroxyl groups is 1. The van der Waals surface area contributed by atoms with E-state index in [1.54, 1.807) is 6.92 Å². The zero-order valence-electron chi connectivity index (χ0n) is 12.1. The molecule has 3 unspecified atom stereocenters. The lowest BCUT2D eigenvalue weighted by atomic mass is 9.89. The topological polar surface area (TPSA) is 46.5 Å². The maximum Gasteiger partial charge on any atom is 0.309 e. The Kier molecular flexibility index (Phi) is 6.59. The summed E-state index contributed by atoms with van der Waals surface area (Å²) in [4.78, 5) is 12.1. The predicted molar refractivity (Wildman–Crippen MR) is 72.7 cm³/mol. The molecular weight excluding hydrogens is 266 g/mol. The van der Waals surface area contributed by atoms with Gasteiger partial charge in [-0.25, -0.2) is 8.78 Å². The molecule has 3 nitrogen and oxygen atoms in total. The van der Waals surface area contributed by atoms with E-state index >= 15 is 0 Å². The van der Waals surface area contributed by atoms with Gasteiger partial charge in [0.1, 0.15) is 25.1 Å². The largest absolute Gasteiger partial charge is 0.462 e. The van der Waals surface area contributed by atoms with Gasteiger partial charge < -0.3 is 9.84 Å². The SMILES string of the molecule is CCC(C(=O)OC(C)CC(O)(CF)CF)C1C=CCC1. The molecular formula is C15H24F2O3. The summed E-state index contributed by atoms with van der Waals surface area (Å²) in [5.74, 6) is -0.391. The molecule has 0 saturated heterocycles. The van der Waals surface area contributed by atoms with Gasteiger partial charge in [-0.3, -0.25) is 4.79 Å². The molecule has 0 bridgehead atoms. The Morgan fingerprint density at radius 2 is 2.15 bits per heavy atom. The molecule has 0 aliphatic heterocycles. The Morgan fingerprint density at radius 1 is 1.50 bits per heavy atom. The standard InChI is InChI=1S/C15H24F2O3/c1-3-13(12-6-4-5-7-12)14(18)20-11(2)8-15(19,9-16)10-17/h4,6,11-13,19H,3,5,7-10H2,1-2H3. The summed E-state index contributed by atoms with van der Waals surface area (Å²) in [7, 11) is 0. The van der Waals surface area contributed by atoms with Crippen molar-refractivity contribution in [2.45, 2.75) is 51.2 Å². The van der Waals surface area contributed by atoms with Crippen LogP contribution >= 0.6 is 0 Å². The van der Waals surface area contributed by atoms with Gasteiger partial charge in [0.25, 0.3) is 0 Å². The third-order valence-corrected chi connectivity index (χ3v) is 3.79. The first kappa shape index (κ1) is 17.1. The number of halogens is 2. The molecule has 1 rings (SSSR count). The molecule has 0 spiro atoms. The molecule has 1 aliphatic rings. The third-order valence-electron chi connectivity index (χ3n) is 3.79. The van der Waals surface area contributed by atoms with Crippen LogP contribution in [0.1, 0.15) is 39.5 Å². The molecule has 0 radical (unpaired) electrons. The Balaban J connectivity index is 2.53. The van der Waals surface area contributed by atoms with Crippen LogP contribution in [0.15, 0.2) is 12.2 Å². The zero-order valence-corrected chi connectivity index (χ0v) is 12.1. The Bertz CT molecular complexity index is 340. The molecule has 1 aliphatic carbocycles. The fourth-order valence-corrected chi connectivity index (χ4v) is 2.64. The summed E-state index contributed by atoms with van der Waals surface area (Å²) < 4.78 is 30.4. The van der Waals surface area contributed by atoms with Crippen molar-refractivity contribution in [3.8, 4) is 0 Å². The number of esters is 1. The number of hydrogen-bond acceptors (Lipinski definition) is 3. The van der Waals surface area contributed by atoms with Crippen molar-refractivity contribution in [3.63, 3.8) is 0 Å². The lowest BCUT2D eigenvalue weighted by Gasteiger charge is -2.27. The van der Waals surface area contributed by atoms with E-state index in [0.717, 1.165) is 12.8 Å². The highest BCUT2D eigenvalue weighted by Crippen LogP contribution is 2.29. The fourth-order valence-electron chi connectivity index (χ4n) is 2.64. The summed E-state index contributed by atoms with van der Waals surface area (Å²) in [6.45, 7) is 1.09. The quantitative estimate of drug-likeness (QED) is 0.552. The van der Waals surface area contributed by atoms with Crippen molar-refractivity contribution in [2.24, 2.45) is 11.8 Å². The summed E-state index contributed by atoms with van der Waals surface area (Å²) in [6.07, 6.45) is 5.70. The first-order chi connectivity index (χ1) is 9.45. The molecule has 116 valence electrons. The average Bonchev–Trinajstić information content (AvgIpc) is 2.93. The van der Waals surface area contributed by atoms with Crippen LogP contribution in [-0.4, -0.2) is 36.1 Å². The van der Waals surface area contributed by atoms with Crippen LogP contribution in [0.5, 0.6) is 0 Å². The Morgan fingerprint density at radius 3 is 2.60 bits per heavy atom. The summed E-state index contributed by atoms with van der Waals surface area (Å²) in [5.41, 5.74) is -2.05. The minimum absolute atomic E-state index is 0.181. The molecule has 0 saturated carbocycles. The van der Waals surface area contributed by atoms with Crippen LogP contribution in [0.3, 0.4) is 0 Å². The third kappa shape index (κ3) is 4.54. The van der Waals surface area contributed by atoms with Gasteiger partial charge in [0.2, 0.25) is 0 Å². The molecule has 1 N–H and O–H groups in total. The van der Waals surface area contributed by atoms with Crippen molar-refractivity contribution in [2.75, 3.05) is 13.3 Å². The van der Waals surface area contributed by atoms with Gasteiger partial charge >= 0.3 is 5.97 Å². The van der Waals surface area contributed by atoms with Crippen molar-refractivity contribution >= 4 is 5.97 Å². The summed E-state index contributed by atoms with van der Waals surface area (Å²) in [6, 6.07) is 0. The molecule has 0 fully saturated rings. The van der Waals surface area contributed by atoms with E-state index in [4.69, 9.17) is 4.74 Å². The van der Waals surface area contributed by atoms with Crippen LogP contribution in [0.2, 0.25) is 0 Å². The van der Waals surface area contributed by atoms with Gasteiger partial charge in [-0.2, -0.15) is 0 Å². The van der Waals surface area contributed by atoms with Gasteiger partial charge in [0.15, 0.2) is 0 Å². The summed E-state index contributed by atoms with van der Waals surface area (Å²) in [5, 5.41) is 9.57. The van der Waals surface area contributed by atoms with E-state index in [0.29, 0.717) is 6.42 Å². The predicted octanol–water partition coefficient (Wildman–Crippen LogP) is 2.97. The van der Waals surface area contributed by atoms with E-state index in [-0.39, 0.29) is 24.2 Å². The van der Waals surface area contributed by atoms with Crippen molar-refractivity contribution < 1.29 is 23.4 Å². The zero-order chi connectivity index (χ0) is 15.2. The van der Waals surface area contributed by atoms with Crippen LogP contribution in [-0.2, 0) is 9.53 Å². The highest BCUT2D eigenvalue weighted by atomic mass is 19.1. The molecule has 20 heavy (non-hydrogen) atoms. The molecule has 0 amide bonds. The van der Waals surface area contributed by atoms with Crippen LogP contribution < -0.4 is 0 Å². The van der Waals surface area contributed by atoms with Gasteiger partial charge in [0.05, 0.1) is 5.92 Å². The maximum atomic E-state index is 12.6. The first-order valence-corrected chi connectivity index (χ1v) is 7.17. The second kappa shape index (κ2) is 7.72. The summed E-state index contributed by atoms with van der Waals surface area (Å²) >= 11 is 0. The average molecular weight is 290 g/mol. The minimum Gasteiger partial charge on any atom is -0.462 e.